The van der Waals surface area contributed by atoms with E-state index in [9.17, 15) is 0 Å². The molecule has 0 spiro atoms. The van der Waals surface area contributed by atoms with Crippen LogP contribution in [0.2, 0.25) is 0 Å². The maximum Gasteiger partial charge on any atom is 0.238 e. The Morgan fingerprint density at radius 2 is 2.41 bits per heavy atom. The van der Waals surface area contributed by atoms with Gasteiger partial charge in [0, 0.05) is 0 Å². The molecule has 6 heteroatoms. The number of nitrogens with zero attached hydrogens (tertiary/aromatic N) is 2. The van der Waals surface area contributed by atoms with Crippen LogP contribution in [-0.4, -0.2) is 29.0 Å². The summed E-state index contributed by atoms with van der Waals surface area (Å²) < 4.78 is 10.4. The molecule has 3 rings (SSSR count). The third-order valence-corrected chi connectivity index (χ3v) is 3.81. The summed E-state index contributed by atoms with van der Waals surface area (Å²) >= 11 is 1.83. The topological polar surface area (TPSA) is 64.1 Å². The molecule has 1 aliphatic heterocycles. The van der Waals surface area contributed by atoms with Crippen molar-refractivity contribution >= 4 is 11.8 Å². The lowest BCUT2D eigenvalue weighted by Crippen LogP contribution is -2.43. The normalized spacial score (nSPS) is 16.0. The highest BCUT2D eigenvalue weighted by molar-refractivity contribution is 7.98. The van der Waals surface area contributed by atoms with Crippen molar-refractivity contribution in [3.8, 4) is 11.6 Å². The number of nitrogens with one attached hydrogen (secondary N) is 1. The van der Waals surface area contributed by atoms with Gasteiger partial charge in [0.2, 0.25) is 11.7 Å². The SMILES string of the molecule is c1coc(-c2noc(CSCC3CNC3)n2)c1. The zero-order chi connectivity index (χ0) is 11.5. The highest BCUT2D eigenvalue weighted by atomic mass is 32.2. The fraction of sp³-hybridized carbons (Fsp3) is 0.455. The number of hydrogen-bond acceptors (Lipinski definition) is 6. The summed E-state index contributed by atoms with van der Waals surface area (Å²) in [6.45, 7) is 2.27. The second kappa shape index (κ2) is 4.93. The van der Waals surface area contributed by atoms with Gasteiger partial charge in [-0.1, -0.05) is 5.16 Å². The van der Waals surface area contributed by atoms with E-state index in [-0.39, 0.29) is 0 Å². The minimum atomic E-state index is 0.524. The van der Waals surface area contributed by atoms with Gasteiger partial charge in [-0.3, -0.25) is 0 Å². The number of rotatable bonds is 5. The van der Waals surface area contributed by atoms with E-state index in [4.69, 9.17) is 8.94 Å². The van der Waals surface area contributed by atoms with Crippen LogP contribution in [0.15, 0.2) is 27.3 Å². The lowest BCUT2D eigenvalue weighted by atomic mass is 10.1. The molecule has 0 atom stereocenters. The maximum absolute atomic E-state index is 5.20. The zero-order valence-corrected chi connectivity index (χ0v) is 10.1. The van der Waals surface area contributed by atoms with Crippen molar-refractivity contribution in [2.45, 2.75) is 5.75 Å². The van der Waals surface area contributed by atoms with Crippen molar-refractivity contribution in [2.24, 2.45) is 5.92 Å². The van der Waals surface area contributed by atoms with Crippen molar-refractivity contribution in [2.75, 3.05) is 18.8 Å². The molecule has 0 aliphatic carbocycles. The van der Waals surface area contributed by atoms with E-state index in [1.807, 2.05) is 23.9 Å². The molecule has 0 aromatic carbocycles. The Morgan fingerprint density at radius 1 is 1.47 bits per heavy atom. The van der Waals surface area contributed by atoms with E-state index >= 15 is 0 Å². The molecule has 1 N–H and O–H groups in total. The molecule has 17 heavy (non-hydrogen) atoms. The summed E-state index contributed by atoms with van der Waals surface area (Å²) in [5.74, 6) is 4.54. The predicted octanol–water partition coefficient (Wildman–Crippen LogP) is 1.78. The van der Waals surface area contributed by atoms with Crippen LogP contribution >= 0.6 is 11.8 Å². The van der Waals surface area contributed by atoms with Gasteiger partial charge in [-0.25, -0.2) is 0 Å². The van der Waals surface area contributed by atoms with E-state index in [0.717, 1.165) is 30.5 Å². The van der Waals surface area contributed by atoms with Crippen LogP contribution in [0, 0.1) is 5.92 Å². The first kappa shape index (κ1) is 10.9. The number of thioether (sulfide) groups is 1. The average molecular weight is 251 g/mol. The summed E-state index contributed by atoms with van der Waals surface area (Å²) in [6, 6.07) is 3.63. The minimum absolute atomic E-state index is 0.524. The van der Waals surface area contributed by atoms with E-state index in [1.165, 1.54) is 0 Å². The van der Waals surface area contributed by atoms with Crippen molar-refractivity contribution < 1.29 is 8.94 Å². The molecular weight excluding hydrogens is 238 g/mol. The fourth-order valence-corrected chi connectivity index (χ4v) is 2.58. The predicted molar refractivity (Wildman–Crippen MR) is 64.5 cm³/mol. The summed E-state index contributed by atoms with van der Waals surface area (Å²) in [4.78, 5) is 4.29. The average Bonchev–Trinajstić information content (AvgIpc) is 2.91. The lowest BCUT2D eigenvalue weighted by Gasteiger charge is -2.26. The van der Waals surface area contributed by atoms with Gasteiger partial charge in [0.15, 0.2) is 5.76 Å². The minimum Gasteiger partial charge on any atom is -0.461 e. The first-order valence-electron chi connectivity index (χ1n) is 5.57. The van der Waals surface area contributed by atoms with E-state index < -0.39 is 0 Å². The monoisotopic (exact) mass is 251 g/mol. The Bertz CT molecular complexity index is 465. The van der Waals surface area contributed by atoms with Gasteiger partial charge in [-0.15, -0.1) is 0 Å². The molecular formula is C11H13N3O2S. The fourth-order valence-electron chi connectivity index (χ4n) is 1.60. The molecule has 1 saturated heterocycles. The van der Waals surface area contributed by atoms with Crippen molar-refractivity contribution in [1.82, 2.24) is 15.5 Å². The summed E-state index contributed by atoms with van der Waals surface area (Å²) in [7, 11) is 0. The third kappa shape index (κ3) is 2.53. The summed E-state index contributed by atoms with van der Waals surface area (Å²) in [5, 5.41) is 7.14. The van der Waals surface area contributed by atoms with Crippen molar-refractivity contribution in [3.63, 3.8) is 0 Å². The Balaban J connectivity index is 1.53. The second-order valence-corrected chi connectivity index (χ2v) is 5.06. The van der Waals surface area contributed by atoms with Crippen LogP contribution in [-0.2, 0) is 5.75 Å². The maximum atomic E-state index is 5.20. The van der Waals surface area contributed by atoms with Crippen LogP contribution in [0.5, 0.6) is 0 Å². The Morgan fingerprint density at radius 3 is 3.12 bits per heavy atom. The Hall–Kier alpha value is -1.27. The third-order valence-electron chi connectivity index (χ3n) is 2.65. The molecule has 0 bridgehead atoms. The van der Waals surface area contributed by atoms with Gasteiger partial charge >= 0.3 is 0 Å². The van der Waals surface area contributed by atoms with Gasteiger partial charge in [-0.2, -0.15) is 16.7 Å². The molecule has 3 heterocycles. The first-order valence-corrected chi connectivity index (χ1v) is 6.72. The van der Waals surface area contributed by atoms with Crippen LogP contribution in [0.25, 0.3) is 11.6 Å². The zero-order valence-electron chi connectivity index (χ0n) is 9.26. The number of furan rings is 1. The van der Waals surface area contributed by atoms with Crippen LogP contribution < -0.4 is 5.32 Å². The summed E-state index contributed by atoms with van der Waals surface area (Å²) in [5.41, 5.74) is 0. The van der Waals surface area contributed by atoms with E-state index in [0.29, 0.717) is 17.5 Å². The molecule has 1 aliphatic rings. The molecule has 1 fully saturated rings. The molecule has 2 aromatic heterocycles. The number of aromatic nitrogens is 2. The summed E-state index contributed by atoms with van der Waals surface area (Å²) in [6.07, 6.45) is 1.60. The smallest absolute Gasteiger partial charge is 0.238 e. The Labute approximate surface area is 103 Å². The van der Waals surface area contributed by atoms with E-state index in [1.54, 1.807) is 6.26 Å². The molecule has 0 radical (unpaired) electrons. The van der Waals surface area contributed by atoms with Gasteiger partial charge in [0.1, 0.15) is 0 Å². The van der Waals surface area contributed by atoms with Crippen LogP contribution in [0.1, 0.15) is 5.89 Å². The second-order valence-electron chi connectivity index (χ2n) is 4.03. The lowest BCUT2D eigenvalue weighted by molar-refractivity contribution is 0.382. The molecule has 0 unspecified atom stereocenters. The molecule has 0 saturated carbocycles. The van der Waals surface area contributed by atoms with Gasteiger partial charge in [0.25, 0.3) is 0 Å². The van der Waals surface area contributed by atoms with Gasteiger partial charge < -0.3 is 14.3 Å². The van der Waals surface area contributed by atoms with Gasteiger partial charge in [-0.05, 0) is 36.9 Å². The first-order chi connectivity index (χ1) is 8.42. The molecule has 5 nitrogen and oxygen atoms in total. The largest absolute Gasteiger partial charge is 0.461 e. The van der Waals surface area contributed by atoms with Crippen LogP contribution in [0.4, 0.5) is 0 Å². The van der Waals surface area contributed by atoms with E-state index in [2.05, 4.69) is 15.5 Å². The highest BCUT2D eigenvalue weighted by Crippen LogP contribution is 2.20. The van der Waals surface area contributed by atoms with Crippen LogP contribution in [0.3, 0.4) is 0 Å². The quantitative estimate of drug-likeness (QED) is 0.874. The standard InChI is InChI=1S/C11H13N3O2S/c1-2-9(15-3-1)11-13-10(16-14-11)7-17-6-8-4-12-5-8/h1-3,8,12H,4-7H2. The molecule has 90 valence electrons. The molecule has 0 amide bonds. The molecule has 2 aromatic rings. The van der Waals surface area contributed by atoms with Crippen molar-refractivity contribution in [1.29, 1.82) is 0 Å². The Kier molecular flexibility index (Phi) is 3.15. The number of hydrogen-bond donors (Lipinski definition) is 1. The van der Waals surface area contributed by atoms with Crippen molar-refractivity contribution in [3.05, 3.63) is 24.3 Å². The van der Waals surface area contributed by atoms with Gasteiger partial charge in [0.05, 0.1) is 12.0 Å². The highest BCUT2D eigenvalue weighted by Gasteiger charge is 2.17.